The van der Waals surface area contributed by atoms with Crippen LogP contribution in [0.15, 0.2) is 90.3 Å². The van der Waals surface area contributed by atoms with Gasteiger partial charge in [0.25, 0.3) is 0 Å². The number of benzene rings is 3. The highest BCUT2D eigenvalue weighted by Gasteiger charge is 2.37. The van der Waals surface area contributed by atoms with Gasteiger partial charge in [0.15, 0.2) is 0 Å². The lowest BCUT2D eigenvalue weighted by Crippen LogP contribution is -2.24. The van der Waals surface area contributed by atoms with Gasteiger partial charge in [-0.05, 0) is 54.8 Å². The number of nitrogens with zero attached hydrogens (tertiary/aromatic N) is 3. The van der Waals surface area contributed by atoms with E-state index in [9.17, 15) is 36.2 Å². The van der Waals surface area contributed by atoms with Gasteiger partial charge in [0.1, 0.15) is 24.9 Å². The molecule has 1 aromatic heterocycles. The predicted molar refractivity (Wildman–Crippen MR) is 144 cm³/mol. The van der Waals surface area contributed by atoms with Gasteiger partial charge in [-0.2, -0.15) is 31.4 Å². The molecule has 0 spiro atoms. The Morgan fingerprint density at radius 3 is 2.09 bits per heavy atom. The molecular weight excluding hydrogens is 580 g/mol. The number of carboxylic acids is 1. The second-order valence-corrected chi connectivity index (χ2v) is 9.58. The molecule has 0 aliphatic rings. The number of rotatable bonds is 11. The first kappa shape index (κ1) is 31.1. The summed E-state index contributed by atoms with van der Waals surface area (Å²) >= 11 is 0. The van der Waals surface area contributed by atoms with Crippen LogP contribution in [0.1, 0.15) is 34.7 Å². The normalized spacial score (nSPS) is 13.0. The van der Waals surface area contributed by atoms with E-state index in [-0.39, 0.29) is 25.7 Å². The van der Waals surface area contributed by atoms with Crippen LogP contribution in [0.5, 0.6) is 5.75 Å². The lowest BCUT2D eigenvalue weighted by Gasteiger charge is -2.14. The van der Waals surface area contributed by atoms with E-state index in [2.05, 4.69) is 10.3 Å². The molecule has 0 amide bonds. The van der Waals surface area contributed by atoms with E-state index in [1.165, 1.54) is 12.4 Å². The van der Waals surface area contributed by atoms with E-state index in [0.717, 1.165) is 10.2 Å². The van der Waals surface area contributed by atoms with Crippen LogP contribution in [0, 0.1) is 5.92 Å². The topological polar surface area (TPSA) is 85.9 Å². The van der Waals surface area contributed by atoms with Gasteiger partial charge in [0.05, 0.1) is 28.7 Å². The zero-order chi connectivity index (χ0) is 31.2. The average molecular weight is 606 g/mol. The zero-order valence-corrected chi connectivity index (χ0v) is 22.6. The molecule has 1 unspecified atom stereocenters. The highest BCUT2D eigenvalue weighted by atomic mass is 19.4. The van der Waals surface area contributed by atoms with Gasteiger partial charge in [-0.1, -0.05) is 47.6 Å². The van der Waals surface area contributed by atoms with Gasteiger partial charge < -0.3 is 14.7 Å². The minimum Gasteiger partial charge on any atom is -0.489 e. The molecule has 226 valence electrons. The number of alkyl halides is 6. The van der Waals surface area contributed by atoms with Gasteiger partial charge in [-0.15, -0.1) is 0 Å². The van der Waals surface area contributed by atoms with Crippen LogP contribution in [0.4, 0.5) is 26.3 Å². The highest BCUT2D eigenvalue weighted by molar-refractivity contribution is 6.00. The van der Waals surface area contributed by atoms with Crippen LogP contribution in [-0.4, -0.2) is 26.6 Å². The SMILES string of the molecule is C/C(=N\OCc1ccccc1)C(Cc1ccc(OCc2cnn(-c3cc(C(F)(F)F)cc(C(F)(F)F)c3)c2)cc1)C(=O)O. The first-order valence-corrected chi connectivity index (χ1v) is 12.8. The third-order valence-electron chi connectivity index (χ3n) is 6.33. The molecule has 1 atom stereocenters. The van der Waals surface area contributed by atoms with E-state index in [1.807, 2.05) is 30.3 Å². The Bertz CT molecular complexity index is 1530. The molecule has 0 aliphatic carbocycles. The fourth-order valence-corrected chi connectivity index (χ4v) is 4.03. The predicted octanol–water partition coefficient (Wildman–Crippen LogP) is 7.32. The van der Waals surface area contributed by atoms with Crippen molar-refractivity contribution in [2.75, 3.05) is 0 Å². The number of ether oxygens (including phenoxy) is 1. The largest absolute Gasteiger partial charge is 0.489 e. The monoisotopic (exact) mass is 605 g/mol. The van der Waals surface area contributed by atoms with Crippen molar-refractivity contribution in [2.45, 2.75) is 38.9 Å². The standard InChI is InChI=1S/C30H25F6N3O4/c1-19(38-43-18-21-5-3-2-4-6-21)27(28(40)41)11-20-7-9-26(10-8-20)42-17-22-15-37-39(16-22)25-13-23(29(31,32)33)12-24(14-25)30(34,35)36/h2-10,12-16,27H,11,17-18H2,1H3,(H,40,41)/b38-19+. The lowest BCUT2D eigenvalue weighted by molar-refractivity contribution is -0.143. The Morgan fingerprint density at radius 2 is 1.51 bits per heavy atom. The third kappa shape index (κ3) is 8.60. The molecule has 0 saturated carbocycles. The van der Waals surface area contributed by atoms with Gasteiger partial charge in [-0.3, -0.25) is 4.79 Å². The summed E-state index contributed by atoms with van der Waals surface area (Å²) in [5.74, 6) is -1.59. The number of halogens is 6. The number of oxime groups is 1. The van der Waals surface area contributed by atoms with E-state index in [4.69, 9.17) is 9.57 Å². The molecule has 4 aromatic rings. The molecule has 0 radical (unpaired) electrons. The average Bonchev–Trinajstić information content (AvgIpc) is 3.44. The number of aliphatic carboxylic acids is 1. The quantitative estimate of drug-likeness (QED) is 0.110. The van der Waals surface area contributed by atoms with E-state index < -0.39 is 41.1 Å². The number of carbonyl (C=O) groups is 1. The molecule has 13 heteroatoms. The molecule has 0 saturated heterocycles. The molecule has 4 rings (SSSR count). The smallest absolute Gasteiger partial charge is 0.416 e. The fraction of sp³-hybridized carbons (Fsp3) is 0.233. The van der Waals surface area contributed by atoms with Crippen LogP contribution in [0.25, 0.3) is 5.69 Å². The Kier molecular flexibility index (Phi) is 9.42. The van der Waals surface area contributed by atoms with Crippen LogP contribution < -0.4 is 4.74 Å². The van der Waals surface area contributed by atoms with Crippen molar-refractivity contribution in [1.29, 1.82) is 0 Å². The summed E-state index contributed by atoms with van der Waals surface area (Å²) in [5.41, 5.74) is -1.04. The Labute approximate surface area is 242 Å². The summed E-state index contributed by atoms with van der Waals surface area (Å²) in [7, 11) is 0. The Hall–Kier alpha value is -4.81. The minimum atomic E-state index is -4.98. The van der Waals surface area contributed by atoms with Gasteiger partial charge in [-0.25, -0.2) is 4.68 Å². The number of aromatic nitrogens is 2. The number of hydrogen-bond acceptors (Lipinski definition) is 5. The maximum Gasteiger partial charge on any atom is 0.416 e. The van der Waals surface area contributed by atoms with E-state index in [0.29, 0.717) is 34.7 Å². The Balaban J connectivity index is 1.38. The first-order chi connectivity index (χ1) is 20.3. The second-order valence-electron chi connectivity index (χ2n) is 9.58. The molecule has 7 nitrogen and oxygen atoms in total. The maximum absolute atomic E-state index is 13.2. The molecule has 0 aliphatic heterocycles. The molecule has 1 N–H and O–H groups in total. The van der Waals surface area contributed by atoms with Crippen LogP contribution in [-0.2, 0) is 41.6 Å². The lowest BCUT2D eigenvalue weighted by atomic mass is 9.95. The summed E-state index contributed by atoms with van der Waals surface area (Å²) in [6, 6.07) is 17.1. The summed E-state index contributed by atoms with van der Waals surface area (Å²) in [6.07, 6.45) is -7.28. The summed E-state index contributed by atoms with van der Waals surface area (Å²) in [6.45, 7) is 1.70. The van der Waals surface area contributed by atoms with Crippen molar-refractivity contribution in [2.24, 2.45) is 11.1 Å². The summed E-state index contributed by atoms with van der Waals surface area (Å²) in [5, 5.41) is 17.6. The van der Waals surface area contributed by atoms with Crippen LogP contribution in [0.3, 0.4) is 0 Å². The van der Waals surface area contributed by atoms with Crippen molar-refractivity contribution in [3.05, 3.63) is 113 Å². The van der Waals surface area contributed by atoms with Crippen molar-refractivity contribution in [1.82, 2.24) is 9.78 Å². The fourth-order valence-electron chi connectivity index (χ4n) is 4.03. The van der Waals surface area contributed by atoms with Gasteiger partial charge in [0, 0.05) is 11.8 Å². The van der Waals surface area contributed by atoms with Gasteiger partial charge in [0.2, 0.25) is 0 Å². The third-order valence-corrected chi connectivity index (χ3v) is 6.33. The summed E-state index contributed by atoms with van der Waals surface area (Å²) < 4.78 is 85.7. The van der Waals surface area contributed by atoms with E-state index >= 15 is 0 Å². The number of hydrogen-bond donors (Lipinski definition) is 1. The highest BCUT2D eigenvalue weighted by Crippen LogP contribution is 2.37. The van der Waals surface area contributed by atoms with Crippen molar-refractivity contribution < 1.29 is 45.8 Å². The Morgan fingerprint density at radius 1 is 0.884 bits per heavy atom. The molecule has 1 heterocycles. The summed E-state index contributed by atoms with van der Waals surface area (Å²) in [4.78, 5) is 17.2. The molecule has 0 fully saturated rings. The van der Waals surface area contributed by atoms with Gasteiger partial charge >= 0.3 is 18.3 Å². The van der Waals surface area contributed by atoms with Crippen molar-refractivity contribution >= 4 is 11.7 Å². The number of carboxylic acid groups (broad SMARTS) is 1. The molecule has 43 heavy (non-hydrogen) atoms. The maximum atomic E-state index is 13.2. The zero-order valence-electron chi connectivity index (χ0n) is 22.6. The van der Waals surface area contributed by atoms with Crippen LogP contribution in [0.2, 0.25) is 0 Å². The minimum absolute atomic E-state index is 0.0489. The van der Waals surface area contributed by atoms with Crippen molar-refractivity contribution in [3.8, 4) is 11.4 Å². The molecular formula is C30H25F6N3O4. The van der Waals surface area contributed by atoms with E-state index in [1.54, 1.807) is 31.2 Å². The second kappa shape index (κ2) is 13.0. The molecule has 0 bridgehead atoms. The molecule has 3 aromatic carbocycles. The van der Waals surface area contributed by atoms with Crippen molar-refractivity contribution in [3.63, 3.8) is 0 Å². The first-order valence-electron chi connectivity index (χ1n) is 12.8. The van der Waals surface area contributed by atoms with Crippen LogP contribution >= 0.6 is 0 Å².